The van der Waals surface area contributed by atoms with E-state index in [-0.39, 0.29) is 0 Å². The second kappa shape index (κ2) is 4.84. The normalized spacial score (nSPS) is 16.7. The molecule has 0 saturated carbocycles. The number of nitrogens with zero attached hydrogens (tertiary/aromatic N) is 2. The van der Waals surface area contributed by atoms with E-state index in [0.717, 1.165) is 17.9 Å². The Morgan fingerprint density at radius 3 is 2.86 bits per heavy atom. The molecule has 0 fully saturated rings. The summed E-state index contributed by atoms with van der Waals surface area (Å²) in [7, 11) is 0. The summed E-state index contributed by atoms with van der Waals surface area (Å²) in [5, 5.41) is 0. The zero-order valence-corrected chi connectivity index (χ0v) is 9.08. The molecule has 0 amide bonds. The molecule has 0 saturated heterocycles. The SMILES string of the molecule is C=C1C(N)=NC=C(C)N1CCCCC. The van der Waals surface area contributed by atoms with E-state index in [9.17, 15) is 0 Å². The van der Waals surface area contributed by atoms with Gasteiger partial charge >= 0.3 is 0 Å². The van der Waals surface area contributed by atoms with Crippen LogP contribution in [-0.2, 0) is 0 Å². The summed E-state index contributed by atoms with van der Waals surface area (Å²) < 4.78 is 0. The fraction of sp³-hybridized carbons (Fsp3) is 0.545. The first-order chi connectivity index (χ1) is 6.66. The van der Waals surface area contributed by atoms with Crippen LogP contribution >= 0.6 is 0 Å². The Morgan fingerprint density at radius 2 is 2.21 bits per heavy atom. The van der Waals surface area contributed by atoms with Gasteiger partial charge in [-0.2, -0.15) is 0 Å². The number of rotatable bonds is 4. The summed E-state index contributed by atoms with van der Waals surface area (Å²) in [5.74, 6) is 0.534. The van der Waals surface area contributed by atoms with Gasteiger partial charge in [0.15, 0.2) is 0 Å². The van der Waals surface area contributed by atoms with Crippen LogP contribution in [0.25, 0.3) is 0 Å². The fourth-order valence-electron chi connectivity index (χ4n) is 1.49. The third kappa shape index (κ3) is 2.37. The van der Waals surface area contributed by atoms with Crippen molar-refractivity contribution in [1.82, 2.24) is 4.90 Å². The zero-order valence-electron chi connectivity index (χ0n) is 9.08. The predicted octanol–water partition coefficient (Wildman–Crippen LogP) is 2.22. The van der Waals surface area contributed by atoms with Gasteiger partial charge in [-0.3, -0.25) is 0 Å². The quantitative estimate of drug-likeness (QED) is 0.696. The number of nitrogens with two attached hydrogens (primary N) is 1. The number of amidine groups is 1. The van der Waals surface area contributed by atoms with Crippen molar-refractivity contribution in [3.63, 3.8) is 0 Å². The second-order valence-electron chi connectivity index (χ2n) is 3.59. The van der Waals surface area contributed by atoms with Gasteiger partial charge < -0.3 is 10.6 Å². The van der Waals surface area contributed by atoms with Crippen molar-refractivity contribution in [2.24, 2.45) is 10.7 Å². The second-order valence-corrected chi connectivity index (χ2v) is 3.59. The molecule has 3 nitrogen and oxygen atoms in total. The minimum absolute atomic E-state index is 0.534. The van der Waals surface area contributed by atoms with E-state index in [1.807, 2.05) is 6.92 Å². The lowest BCUT2D eigenvalue weighted by atomic mass is 10.2. The first kappa shape index (κ1) is 10.8. The maximum Gasteiger partial charge on any atom is 0.146 e. The average Bonchev–Trinajstić information content (AvgIpc) is 2.18. The van der Waals surface area contributed by atoms with E-state index in [1.54, 1.807) is 6.20 Å². The molecule has 0 unspecified atom stereocenters. The number of hydrogen-bond donors (Lipinski definition) is 1. The van der Waals surface area contributed by atoms with E-state index >= 15 is 0 Å². The first-order valence-electron chi connectivity index (χ1n) is 5.13. The van der Waals surface area contributed by atoms with Crippen molar-refractivity contribution in [1.29, 1.82) is 0 Å². The fourth-order valence-corrected chi connectivity index (χ4v) is 1.49. The molecule has 0 spiro atoms. The van der Waals surface area contributed by atoms with E-state index in [2.05, 4.69) is 23.4 Å². The Labute approximate surface area is 86.0 Å². The first-order valence-corrected chi connectivity index (χ1v) is 5.13. The minimum Gasteiger partial charge on any atom is -0.382 e. The average molecular weight is 193 g/mol. The number of hydrogen-bond acceptors (Lipinski definition) is 3. The molecule has 0 aromatic carbocycles. The highest BCUT2D eigenvalue weighted by Gasteiger charge is 2.15. The summed E-state index contributed by atoms with van der Waals surface area (Å²) in [6.45, 7) is 9.16. The lowest BCUT2D eigenvalue weighted by molar-refractivity contribution is 0.423. The lowest BCUT2D eigenvalue weighted by Gasteiger charge is -2.29. The van der Waals surface area contributed by atoms with E-state index in [0.29, 0.717) is 5.84 Å². The van der Waals surface area contributed by atoms with Crippen LogP contribution in [0.2, 0.25) is 0 Å². The van der Waals surface area contributed by atoms with Crippen LogP contribution in [0.4, 0.5) is 0 Å². The summed E-state index contributed by atoms with van der Waals surface area (Å²) in [6.07, 6.45) is 5.45. The molecule has 1 heterocycles. The van der Waals surface area contributed by atoms with E-state index in [4.69, 9.17) is 5.73 Å². The standard InChI is InChI=1S/C11H19N3/c1-4-5-6-7-14-9(2)8-13-11(12)10(14)3/h8H,3-7H2,1-2H3,(H2,12,13). The topological polar surface area (TPSA) is 41.6 Å². The summed E-state index contributed by atoms with van der Waals surface area (Å²) in [6, 6.07) is 0. The molecule has 0 aromatic heterocycles. The predicted molar refractivity (Wildman–Crippen MR) is 60.8 cm³/mol. The van der Waals surface area contributed by atoms with Gasteiger partial charge in [0, 0.05) is 18.4 Å². The van der Waals surface area contributed by atoms with Crippen molar-refractivity contribution >= 4 is 5.84 Å². The Kier molecular flexibility index (Phi) is 3.74. The molecule has 1 rings (SSSR count). The van der Waals surface area contributed by atoms with Crippen LogP contribution in [0.5, 0.6) is 0 Å². The van der Waals surface area contributed by atoms with Gasteiger partial charge in [-0.15, -0.1) is 0 Å². The smallest absolute Gasteiger partial charge is 0.146 e. The molecule has 0 aliphatic carbocycles. The highest BCUT2D eigenvalue weighted by molar-refractivity contribution is 5.97. The molecule has 1 aliphatic heterocycles. The van der Waals surface area contributed by atoms with Crippen molar-refractivity contribution in [3.05, 3.63) is 24.2 Å². The van der Waals surface area contributed by atoms with Crippen LogP contribution in [0.1, 0.15) is 33.1 Å². The van der Waals surface area contributed by atoms with Crippen molar-refractivity contribution in [3.8, 4) is 0 Å². The molecule has 3 heteroatoms. The molecule has 0 aromatic rings. The van der Waals surface area contributed by atoms with Gasteiger partial charge in [0.05, 0.1) is 5.70 Å². The van der Waals surface area contributed by atoms with Crippen LogP contribution in [0.15, 0.2) is 29.2 Å². The molecule has 0 bridgehead atoms. The lowest BCUT2D eigenvalue weighted by Crippen LogP contribution is -2.32. The number of allylic oxidation sites excluding steroid dienone is 1. The largest absolute Gasteiger partial charge is 0.382 e. The van der Waals surface area contributed by atoms with Gasteiger partial charge in [0.2, 0.25) is 0 Å². The van der Waals surface area contributed by atoms with Gasteiger partial charge in [0.25, 0.3) is 0 Å². The van der Waals surface area contributed by atoms with Gasteiger partial charge in [0.1, 0.15) is 5.84 Å². The van der Waals surface area contributed by atoms with E-state index < -0.39 is 0 Å². The summed E-state index contributed by atoms with van der Waals surface area (Å²) in [4.78, 5) is 6.20. The van der Waals surface area contributed by atoms with Crippen LogP contribution < -0.4 is 5.73 Å². The van der Waals surface area contributed by atoms with Gasteiger partial charge in [-0.25, -0.2) is 4.99 Å². The van der Waals surface area contributed by atoms with Crippen molar-refractivity contribution in [2.75, 3.05) is 6.54 Å². The highest BCUT2D eigenvalue weighted by Crippen LogP contribution is 2.17. The molecular weight excluding hydrogens is 174 g/mol. The van der Waals surface area contributed by atoms with Crippen LogP contribution in [0.3, 0.4) is 0 Å². The Morgan fingerprint density at radius 1 is 1.50 bits per heavy atom. The number of aliphatic imine (C=N–C) groups is 1. The van der Waals surface area contributed by atoms with E-state index in [1.165, 1.54) is 19.3 Å². The molecule has 0 atom stereocenters. The molecule has 78 valence electrons. The molecule has 14 heavy (non-hydrogen) atoms. The highest BCUT2D eigenvalue weighted by atomic mass is 15.2. The molecular formula is C11H19N3. The Hall–Kier alpha value is -1.25. The molecule has 2 N–H and O–H groups in total. The minimum atomic E-state index is 0.534. The van der Waals surface area contributed by atoms with Crippen molar-refractivity contribution < 1.29 is 0 Å². The van der Waals surface area contributed by atoms with Crippen molar-refractivity contribution in [2.45, 2.75) is 33.1 Å². The maximum atomic E-state index is 5.70. The third-order valence-electron chi connectivity index (χ3n) is 2.42. The van der Waals surface area contributed by atoms with Crippen LogP contribution in [0, 0.1) is 0 Å². The zero-order chi connectivity index (χ0) is 10.6. The van der Waals surface area contributed by atoms with Crippen LogP contribution in [-0.4, -0.2) is 17.3 Å². The van der Waals surface area contributed by atoms with Gasteiger partial charge in [-0.1, -0.05) is 26.3 Å². The number of unbranched alkanes of at least 4 members (excludes halogenated alkanes) is 2. The Bertz CT molecular complexity index is 274. The van der Waals surface area contributed by atoms with Gasteiger partial charge in [-0.05, 0) is 13.3 Å². The summed E-state index contributed by atoms with van der Waals surface area (Å²) >= 11 is 0. The molecule has 0 radical (unpaired) electrons. The monoisotopic (exact) mass is 193 g/mol. The third-order valence-corrected chi connectivity index (χ3v) is 2.42. The summed E-state index contributed by atoms with van der Waals surface area (Å²) in [5.41, 5.74) is 7.66. The maximum absolute atomic E-state index is 5.70. The Balaban J connectivity index is 2.56. The molecule has 1 aliphatic rings.